The summed E-state index contributed by atoms with van der Waals surface area (Å²) in [5.41, 5.74) is 0.589. The predicted molar refractivity (Wildman–Crippen MR) is 135 cm³/mol. The first-order valence-corrected chi connectivity index (χ1v) is 13.4. The first-order valence-electron chi connectivity index (χ1n) is 11.7. The van der Waals surface area contributed by atoms with E-state index in [1.807, 2.05) is 18.2 Å². The Labute approximate surface area is 209 Å². The van der Waals surface area contributed by atoms with Crippen molar-refractivity contribution < 1.29 is 27.8 Å². The molecule has 2 atom stereocenters. The van der Waals surface area contributed by atoms with E-state index in [0.717, 1.165) is 5.56 Å². The van der Waals surface area contributed by atoms with Crippen molar-refractivity contribution in [1.82, 2.24) is 0 Å². The Morgan fingerprint density at radius 3 is 2.47 bits per heavy atom. The molecule has 0 unspecified atom stereocenters. The van der Waals surface area contributed by atoms with E-state index in [9.17, 15) is 13.2 Å². The van der Waals surface area contributed by atoms with Crippen LogP contribution < -0.4 is 10.1 Å². The zero-order chi connectivity index (χ0) is 25.2. The lowest BCUT2D eigenvalue weighted by molar-refractivity contribution is -0.124. The van der Waals surface area contributed by atoms with Crippen LogP contribution in [0.25, 0.3) is 0 Å². The minimum absolute atomic E-state index is 0.0408. The summed E-state index contributed by atoms with van der Waals surface area (Å²) >= 11 is 0. The second-order valence-corrected chi connectivity index (χ2v) is 10.8. The molecule has 3 aromatic rings. The van der Waals surface area contributed by atoms with Gasteiger partial charge < -0.3 is 19.9 Å². The number of aliphatic imine (C=N–C) groups is 1. The Morgan fingerprint density at radius 1 is 1.00 bits per heavy atom. The highest BCUT2D eigenvalue weighted by Gasteiger charge is 2.56. The van der Waals surface area contributed by atoms with Gasteiger partial charge in [0.1, 0.15) is 5.75 Å². The minimum Gasteiger partial charge on any atom is -0.494 e. The molecule has 0 spiro atoms. The molecule has 2 N–H and O–H groups in total. The van der Waals surface area contributed by atoms with Crippen molar-refractivity contribution in [1.29, 1.82) is 0 Å². The number of carbonyl (C=O) groups excluding carboxylic acids is 1. The van der Waals surface area contributed by atoms with Crippen molar-refractivity contribution in [2.45, 2.75) is 29.4 Å². The number of nitrogens with zero attached hydrogens (tertiary/aromatic N) is 1. The zero-order valence-electron chi connectivity index (χ0n) is 19.5. The normalized spacial score (nSPS) is 20.5. The highest BCUT2D eigenvalue weighted by atomic mass is 32.2. The van der Waals surface area contributed by atoms with Gasteiger partial charge in [0.25, 0.3) is 5.91 Å². The van der Waals surface area contributed by atoms with Gasteiger partial charge in [-0.3, -0.25) is 4.79 Å². The van der Waals surface area contributed by atoms with Gasteiger partial charge in [-0.2, -0.15) is 0 Å². The highest BCUT2D eigenvalue weighted by molar-refractivity contribution is 7.91. The third-order valence-corrected chi connectivity index (χ3v) is 8.11. The SMILES string of the molecule is O=C1Nc2ccccc2[C@@H]2OC(c3ccc(OCCCO)cc3)=N[C@]12CCS(=O)(=O)c1ccccc1. The van der Waals surface area contributed by atoms with Gasteiger partial charge in [-0.25, -0.2) is 13.4 Å². The molecule has 0 fully saturated rings. The number of hydrogen-bond donors (Lipinski definition) is 2. The lowest BCUT2D eigenvalue weighted by Gasteiger charge is -2.35. The lowest BCUT2D eigenvalue weighted by Crippen LogP contribution is -2.49. The number of amides is 1. The summed E-state index contributed by atoms with van der Waals surface area (Å²) in [5, 5.41) is 11.8. The second-order valence-electron chi connectivity index (χ2n) is 8.71. The van der Waals surface area contributed by atoms with Crippen LogP contribution in [0.4, 0.5) is 5.69 Å². The van der Waals surface area contributed by atoms with E-state index in [4.69, 9.17) is 19.6 Å². The smallest absolute Gasteiger partial charge is 0.256 e. The molecule has 2 aliphatic rings. The molecule has 9 heteroatoms. The van der Waals surface area contributed by atoms with Crippen molar-refractivity contribution in [2.75, 3.05) is 24.3 Å². The molecule has 0 aliphatic carbocycles. The minimum atomic E-state index is -3.64. The molecule has 2 aliphatic heterocycles. The fourth-order valence-corrected chi connectivity index (χ4v) is 5.84. The summed E-state index contributed by atoms with van der Waals surface area (Å²) in [6.07, 6.45) is -0.271. The second kappa shape index (κ2) is 9.75. The van der Waals surface area contributed by atoms with Crippen LogP contribution in [0.2, 0.25) is 0 Å². The number of benzene rings is 3. The molecule has 0 saturated heterocycles. The van der Waals surface area contributed by atoms with E-state index in [2.05, 4.69) is 5.32 Å². The molecule has 1 amide bonds. The number of para-hydroxylation sites is 1. The average molecular weight is 507 g/mol. The Hall–Kier alpha value is -3.69. The Kier molecular flexibility index (Phi) is 6.51. The molecular weight excluding hydrogens is 480 g/mol. The summed E-state index contributed by atoms with van der Waals surface area (Å²) in [4.78, 5) is 18.4. The van der Waals surface area contributed by atoms with E-state index < -0.39 is 27.4 Å². The van der Waals surface area contributed by atoms with Crippen LogP contribution >= 0.6 is 0 Å². The Bertz CT molecular complexity index is 1390. The summed E-state index contributed by atoms with van der Waals surface area (Å²) in [5.74, 6) is 0.246. The monoisotopic (exact) mass is 506 g/mol. The van der Waals surface area contributed by atoms with Crippen molar-refractivity contribution >= 4 is 27.3 Å². The van der Waals surface area contributed by atoms with Crippen molar-refractivity contribution in [3.8, 4) is 5.75 Å². The number of sulfone groups is 1. The quantitative estimate of drug-likeness (QED) is 0.429. The number of aliphatic hydroxyl groups excluding tert-OH is 1. The van der Waals surface area contributed by atoms with Crippen LogP contribution in [0.5, 0.6) is 5.75 Å². The molecule has 8 nitrogen and oxygen atoms in total. The number of aliphatic hydroxyl groups is 1. The molecule has 186 valence electrons. The standard InChI is InChI=1S/C27H26N2O6S/c30-16-6-17-34-20-13-11-19(12-14-20)25-29-27(15-18-36(32,33)21-7-2-1-3-8-21)24(35-25)22-9-4-5-10-23(22)28-26(27)31/h1-5,7-14,24,30H,6,15-18H2,(H,28,31)/t24-,27-/m0/s1. The number of anilines is 1. The van der Waals surface area contributed by atoms with Crippen LogP contribution in [-0.4, -0.2) is 49.8 Å². The lowest BCUT2D eigenvalue weighted by atomic mass is 9.81. The third kappa shape index (κ3) is 4.47. The number of ether oxygens (including phenoxy) is 2. The Morgan fingerprint density at radius 2 is 1.72 bits per heavy atom. The highest BCUT2D eigenvalue weighted by Crippen LogP contribution is 2.48. The van der Waals surface area contributed by atoms with Crippen molar-refractivity contribution in [2.24, 2.45) is 4.99 Å². The van der Waals surface area contributed by atoms with Gasteiger partial charge in [0.05, 0.1) is 17.3 Å². The van der Waals surface area contributed by atoms with Crippen molar-refractivity contribution in [3.05, 3.63) is 90.0 Å². The van der Waals surface area contributed by atoms with Crippen molar-refractivity contribution in [3.63, 3.8) is 0 Å². The molecule has 3 aromatic carbocycles. The first kappa shape index (κ1) is 24.0. The molecule has 0 aromatic heterocycles. The zero-order valence-corrected chi connectivity index (χ0v) is 20.3. The number of fused-ring (bicyclic) bond motifs is 3. The average Bonchev–Trinajstić information content (AvgIpc) is 3.31. The van der Waals surface area contributed by atoms with Gasteiger partial charge in [0, 0.05) is 36.3 Å². The van der Waals surface area contributed by atoms with E-state index in [1.54, 1.807) is 60.7 Å². The summed E-state index contributed by atoms with van der Waals surface area (Å²) in [6, 6.07) is 22.6. The maximum Gasteiger partial charge on any atom is 0.256 e. The van der Waals surface area contributed by atoms with Gasteiger partial charge >= 0.3 is 0 Å². The predicted octanol–water partition coefficient (Wildman–Crippen LogP) is 3.52. The molecule has 0 bridgehead atoms. The third-order valence-electron chi connectivity index (χ3n) is 6.38. The molecule has 5 rings (SSSR count). The van der Waals surface area contributed by atoms with Gasteiger partial charge in [-0.15, -0.1) is 0 Å². The van der Waals surface area contributed by atoms with E-state index in [0.29, 0.717) is 30.0 Å². The van der Waals surface area contributed by atoms with Gasteiger partial charge in [-0.05, 0) is 42.5 Å². The number of rotatable bonds is 9. The number of nitrogens with one attached hydrogen (secondary N) is 1. The van der Waals surface area contributed by atoms with Gasteiger partial charge in [0.15, 0.2) is 21.5 Å². The molecule has 36 heavy (non-hydrogen) atoms. The van der Waals surface area contributed by atoms with E-state index >= 15 is 0 Å². The van der Waals surface area contributed by atoms with Crippen LogP contribution in [0, 0.1) is 0 Å². The summed E-state index contributed by atoms with van der Waals surface area (Å²) in [6.45, 7) is 0.445. The maximum absolute atomic E-state index is 13.5. The largest absolute Gasteiger partial charge is 0.494 e. The molecule has 0 radical (unpaired) electrons. The van der Waals surface area contributed by atoms with Crippen LogP contribution in [0.1, 0.15) is 30.1 Å². The number of carbonyl (C=O) groups is 1. The summed E-state index contributed by atoms with van der Waals surface area (Å²) < 4.78 is 38.0. The van der Waals surface area contributed by atoms with Gasteiger partial charge in [0.2, 0.25) is 5.90 Å². The van der Waals surface area contributed by atoms with E-state index in [1.165, 1.54) is 0 Å². The maximum atomic E-state index is 13.5. The summed E-state index contributed by atoms with van der Waals surface area (Å²) in [7, 11) is -3.64. The molecule has 0 saturated carbocycles. The molecular formula is C27H26N2O6S. The van der Waals surface area contributed by atoms with Crippen LogP contribution in [0.3, 0.4) is 0 Å². The Balaban J connectivity index is 1.48. The van der Waals surface area contributed by atoms with Crippen LogP contribution in [0.15, 0.2) is 88.8 Å². The number of hydrogen-bond acceptors (Lipinski definition) is 7. The first-order chi connectivity index (χ1) is 17.4. The topological polar surface area (TPSA) is 114 Å². The molecule has 2 heterocycles. The van der Waals surface area contributed by atoms with Gasteiger partial charge in [-0.1, -0.05) is 36.4 Å². The fourth-order valence-electron chi connectivity index (χ4n) is 4.45. The van der Waals surface area contributed by atoms with Crippen LogP contribution in [-0.2, 0) is 19.4 Å². The fraction of sp³-hybridized carbons (Fsp3) is 0.259. The van der Waals surface area contributed by atoms with E-state index in [-0.39, 0.29) is 29.6 Å².